The molecule has 4 rings (SSSR count). The predicted octanol–water partition coefficient (Wildman–Crippen LogP) is 5.44. The first-order chi connectivity index (χ1) is 19.1. The van der Waals surface area contributed by atoms with Gasteiger partial charge in [0.15, 0.2) is 5.82 Å². The van der Waals surface area contributed by atoms with Gasteiger partial charge in [0.05, 0.1) is 11.9 Å². The number of hydrogen-bond donors (Lipinski definition) is 5. The van der Waals surface area contributed by atoms with Crippen molar-refractivity contribution in [3.05, 3.63) is 78.8 Å². The summed E-state index contributed by atoms with van der Waals surface area (Å²) in [7, 11) is 1.54. The third kappa shape index (κ3) is 7.81. The maximum Gasteiger partial charge on any atom is 0.412 e. The topological polar surface area (TPSA) is 165 Å². The van der Waals surface area contributed by atoms with Crippen molar-refractivity contribution in [3.63, 3.8) is 0 Å². The number of hydrogen-bond acceptors (Lipinski definition) is 10. The SMILES string of the molecule is CNC(=O)c1cc(Oc2ccc(Nc3ncc(N)c(Nc4cccc(NC(=O)OC(C)(C)C)c4)n3)cc2)ccn1. The molecule has 0 aliphatic rings. The average Bonchev–Trinajstić information content (AvgIpc) is 2.90. The summed E-state index contributed by atoms with van der Waals surface area (Å²) in [6, 6.07) is 17.4. The Labute approximate surface area is 231 Å². The van der Waals surface area contributed by atoms with E-state index in [9.17, 15) is 9.59 Å². The number of nitrogens with zero attached hydrogens (tertiary/aromatic N) is 3. The molecule has 0 fully saturated rings. The van der Waals surface area contributed by atoms with Gasteiger partial charge in [-0.2, -0.15) is 4.98 Å². The van der Waals surface area contributed by atoms with Crippen molar-refractivity contribution >= 4 is 46.5 Å². The van der Waals surface area contributed by atoms with Gasteiger partial charge in [-0.15, -0.1) is 0 Å². The molecule has 2 amide bonds. The predicted molar refractivity (Wildman–Crippen MR) is 153 cm³/mol. The number of ether oxygens (including phenoxy) is 2. The van der Waals surface area contributed by atoms with E-state index in [2.05, 4.69) is 36.2 Å². The molecule has 2 aromatic carbocycles. The second-order valence-corrected chi connectivity index (χ2v) is 9.54. The first-order valence-electron chi connectivity index (χ1n) is 12.3. The van der Waals surface area contributed by atoms with Crippen LogP contribution in [0.15, 0.2) is 73.1 Å². The van der Waals surface area contributed by atoms with Crippen LogP contribution in [0.25, 0.3) is 0 Å². The van der Waals surface area contributed by atoms with Crippen LogP contribution in [0.1, 0.15) is 31.3 Å². The van der Waals surface area contributed by atoms with Crippen LogP contribution in [-0.4, -0.2) is 39.6 Å². The lowest BCUT2D eigenvalue weighted by atomic mass is 10.2. The van der Waals surface area contributed by atoms with Crippen molar-refractivity contribution in [3.8, 4) is 11.5 Å². The molecular formula is C28H30N8O4. The highest BCUT2D eigenvalue weighted by Gasteiger charge is 2.16. The fourth-order valence-corrected chi connectivity index (χ4v) is 3.38. The van der Waals surface area contributed by atoms with E-state index in [4.69, 9.17) is 15.2 Å². The maximum absolute atomic E-state index is 12.1. The summed E-state index contributed by atoms with van der Waals surface area (Å²) >= 11 is 0. The Balaban J connectivity index is 1.41. The highest BCUT2D eigenvalue weighted by Crippen LogP contribution is 2.27. The molecule has 2 aromatic heterocycles. The number of carbonyl (C=O) groups excluding carboxylic acids is 2. The average molecular weight is 543 g/mol. The fourth-order valence-electron chi connectivity index (χ4n) is 3.38. The van der Waals surface area contributed by atoms with Crippen molar-refractivity contribution in [2.24, 2.45) is 0 Å². The molecule has 0 aliphatic carbocycles. The van der Waals surface area contributed by atoms with E-state index >= 15 is 0 Å². The fraction of sp³-hybridized carbons (Fsp3) is 0.179. The molecule has 0 saturated carbocycles. The molecule has 12 heteroatoms. The Morgan fingerprint density at radius 2 is 1.62 bits per heavy atom. The van der Waals surface area contributed by atoms with Gasteiger partial charge >= 0.3 is 6.09 Å². The van der Waals surface area contributed by atoms with Crippen molar-refractivity contribution < 1.29 is 19.1 Å². The number of nitrogens with one attached hydrogen (secondary N) is 4. The van der Waals surface area contributed by atoms with Crippen LogP contribution in [0, 0.1) is 0 Å². The lowest BCUT2D eigenvalue weighted by Gasteiger charge is -2.19. The van der Waals surface area contributed by atoms with Gasteiger partial charge in [-0.1, -0.05) is 6.07 Å². The van der Waals surface area contributed by atoms with E-state index < -0.39 is 11.7 Å². The van der Waals surface area contributed by atoms with Gasteiger partial charge in [0.1, 0.15) is 22.8 Å². The number of nitrogen functional groups attached to an aromatic ring is 1. The molecule has 0 unspecified atom stereocenters. The van der Waals surface area contributed by atoms with E-state index in [-0.39, 0.29) is 11.6 Å². The summed E-state index contributed by atoms with van der Waals surface area (Å²) in [5, 5.41) is 11.5. The second-order valence-electron chi connectivity index (χ2n) is 9.54. The normalized spacial score (nSPS) is 10.8. The molecule has 0 atom stereocenters. The van der Waals surface area contributed by atoms with E-state index in [1.165, 1.54) is 19.4 Å². The van der Waals surface area contributed by atoms with Gasteiger partial charge in [0.2, 0.25) is 5.95 Å². The molecule has 0 saturated heterocycles. The standard InChI is InChI=1S/C28H30N8O4/c1-28(2,3)40-27(38)35-19-7-5-6-18(14-19)33-24-22(29)16-32-26(36-24)34-17-8-10-20(11-9-17)39-21-12-13-31-23(15-21)25(37)30-4/h5-16H,29H2,1-4H3,(H,30,37)(H,35,38)(H2,32,33,34,36). The minimum Gasteiger partial charge on any atom is -0.457 e. The highest BCUT2D eigenvalue weighted by atomic mass is 16.6. The third-order valence-corrected chi connectivity index (χ3v) is 5.12. The van der Waals surface area contributed by atoms with Crippen LogP contribution in [0.5, 0.6) is 11.5 Å². The quantitative estimate of drug-likeness (QED) is 0.193. The van der Waals surface area contributed by atoms with Gasteiger partial charge < -0.3 is 31.2 Å². The zero-order valence-corrected chi connectivity index (χ0v) is 22.5. The molecule has 2 heterocycles. The summed E-state index contributed by atoms with van der Waals surface area (Å²) in [5.74, 6) is 1.46. The molecule has 12 nitrogen and oxygen atoms in total. The molecule has 0 spiro atoms. The number of carbonyl (C=O) groups is 2. The van der Waals surface area contributed by atoms with Gasteiger partial charge in [0, 0.05) is 36.4 Å². The molecule has 4 aromatic rings. The van der Waals surface area contributed by atoms with Crippen LogP contribution in [-0.2, 0) is 4.74 Å². The third-order valence-electron chi connectivity index (χ3n) is 5.12. The number of amides is 2. The summed E-state index contributed by atoms with van der Waals surface area (Å²) in [5.41, 5.74) is 8.01. The van der Waals surface area contributed by atoms with Crippen molar-refractivity contribution in [1.82, 2.24) is 20.3 Å². The minimum absolute atomic E-state index is 0.259. The van der Waals surface area contributed by atoms with E-state index in [1.54, 1.807) is 75.4 Å². The molecule has 206 valence electrons. The van der Waals surface area contributed by atoms with Crippen LogP contribution in [0.4, 0.5) is 39.3 Å². The highest BCUT2D eigenvalue weighted by molar-refractivity contribution is 5.92. The van der Waals surface area contributed by atoms with E-state index in [0.717, 1.165) is 0 Å². The Bertz CT molecular complexity index is 1500. The number of pyridine rings is 1. The Hall–Kier alpha value is -5.39. The number of rotatable bonds is 8. The van der Waals surface area contributed by atoms with Gasteiger partial charge in [0.25, 0.3) is 5.91 Å². The van der Waals surface area contributed by atoms with Crippen LogP contribution >= 0.6 is 0 Å². The summed E-state index contributed by atoms with van der Waals surface area (Å²) in [6.07, 6.45) is 2.45. The molecule has 40 heavy (non-hydrogen) atoms. The summed E-state index contributed by atoms with van der Waals surface area (Å²) in [4.78, 5) is 36.7. The van der Waals surface area contributed by atoms with E-state index in [0.29, 0.717) is 46.0 Å². The van der Waals surface area contributed by atoms with Gasteiger partial charge in [-0.25, -0.2) is 9.78 Å². The van der Waals surface area contributed by atoms with Crippen LogP contribution in [0.2, 0.25) is 0 Å². The zero-order valence-electron chi connectivity index (χ0n) is 22.5. The summed E-state index contributed by atoms with van der Waals surface area (Å²) < 4.78 is 11.1. The number of benzene rings is 2. The Kier molecular flexibility index (Phi) is 8.28. The monoisotopic (exact) mass is 542 g/mol. The van der Waals surface area contributed by atoms with Crippen LogP contribution in [0.3, 0.4) is 0 Å². The number of aromatic nitrogens is 3. The number of nitrogens with two attached hydrogens (primary N) is 1. The van der Waals surface area contributed by atoms with Crippen molar-refractivity contribution in [2.45, 2.75) is 26.4 Å². The molecule has 0 bridgehead atoms. The summed E-state index contributed by atoms with van der Waals surface area (Å²) in [6.45, 7) is 5.39. The lowest BCUT2D eigenvalue weighted by molar-refractivity contribution is 0.0635. The Morgan fingerprint density at radius 1 is 0.875 bits per heavy atom. The van der Waals surface area contributed by atoms with Crippen molar-refractivity contribution in [2.75, 3.05) is 28.7 Å². The smallest absolute Gasteiger partial charge is 0.412 e. The molecular weight excluding hydrogens is 512 g/mol. The zero-order chi connectivity index (χ0) is 28.7. The molecule has 6 N–H and O–H groups in total. The van der Waals surface area contributed by atoms with Gasteiger partial charge in [-0.3, -0.25) is 15.1 Å². The maximum atomic E-state index is 12.1. The molecule has 0 radical (unpaired) electrons. The lowest BCUT2D eigenvalue weighted by Crippen LogP contribution is -2.27. The second kappa shape index (κ2) is 12.0. The molecule has 0 aliphatic heterocycles. The van der Waals surface area contributed by atoms with Gasteiger partial charge in [-0.05, 0) is 69.3 Å². The first-order valence-corrected chi connectivity index (χ1v) is 12.3. The number of anilines is 6. The first kappa shape index (κ1) is 27.6. The van der Waals surface area contributed by atoms with Crippen LogP contribution < -0.4 is 31.7 Å². The van der Waals surface area contributed by atoms with E-state index in [1.807, 2.05) is 6.07 Å². The minimum atomic E-state index is -0.608. The van der Waals surface area contributed by atoms with Crippen molar-refractivity contribution in [1.29, 1.82) is 0 Å². The Morgan fingerprint density at radius 3 is 2.35 bits per heavy atom. The largest absolute Gasteiger partial charge is 0.457 e.